The van der Waals surface area contributed by atoms with E-state index in [0.29, 0.717) is 0 Å². The number of nitrogens with one attached hydrogen (secondary N) is 1. The number of piperidine rings is 1. The van der Waals surface area contributed by atoms with Gasteiger partial charge in [-0.3, -0.25) is 4.79 Å². The predicted octanol–water partition coefficient (Wildman–Crippen LogP) is 5.25. The van der Waals surface area contributed by atoms with Crippen molar-refractivity contribution in [3.8, 4) is 11.1 Å². The average molecular weight is 527 g/mol. The van der Waals surface area contributed by atoms with Crippen molar-refractivity contribution in [2.45, 2.75) is 63.3 Å². The van der Waals surface area contributed by atoms with Crippen LogP contribution in [0.25, 0.3) is 11.1 Å². The number of hydrogen-bond donors (Lipinski definition) is 1. The number of hydrogen-bond acceptors (Lipinski definition) is 5. The molecule has 0 unspecified atom stereocenters. The molecule has 1 aliphatic heterocycles. The van der Waals surface area contributed by atoms with Crippen molar-refractivity contribution in [1.82, 2.24) is 9.62 Å². The number of carbonyl (C=O) groups excluding carboxylic acids is 2. The van der Waals surface area contributed by atoms with Crippen molar-refractivity contribution in [2.75, 3.05) is 13.1 Å². The van der Waals surface area contributed by atoms with Gasteiger partial charge in [-0.15, -0.1) is 0 Å². The van der Waals surface area contributed by atoms with E-state index in [1.54, 1.807) is 32.9 Å². The first kappa shape index (κ1) is 27.7. The molecule has 1 aliphatic rings. The van der Waals surface area contributed by atoms with Gasteiger partial charge in [0.2, 0.25) is 10.0 Å². The van der Waals surface area contributed by atoms with E-state index in [4.69, 9.17) is 4.74 Å². The van der Waals surface area contributed by atoms with Crippen molar-refractivity contribution in [3.63, 3.8) is 0 Å². The lowest BCUT2D eigenvalue weighted by atomic mass is 9.96. The van der Waals surface area contributed by atoms with Crippen LogP contribution in [-0.4, -0.2) is 49.9 Å². The monoisotopic (exact) mass is 526 g/mol. The second kappa shape index (κ2) is 10.2. The van der Waals surface area contributed by atoms with Crippen LogP contribution in [0.1, 0.15) is 56.5 Å². The molecule has 0 aliphatic carbocycles. The van der Waals surface area contributed by atoms with E-state index in [-0.39, 0.29) is 48.4 Å². The van der Waals surface area contributed by atoms with E-state index >= 15 is 0 Å². The molecule has 0 saturated carbocycles. The normalized spacial score (nSPS) is 15.6. The lowest BCUT2D eigenvalue weighted by Crippen LogP contribution is -2.47. The summed E-state index contributed by atoms with van der Waals surface area (Å²) in [6.07, 6.45) is -5.02. The lowest BCUT2D eigenvalue weighted by Gasteiger charge is -2.33. The number of nitrogens with zero attached hydrogens (tertiary/aromatic N) is 1. The Balaban J connectivity index is 1.84. The standard InChI is InChI=1S/C25H29F3N2O5S/c1-16(31)19-7-5-6-8-20(19)17-9-10-22(21(15-17)25(26,27)28)36(33,34)29-18-11-13-30(14-12-18)23(32)35-24(2,3)4/h5-10,15,18,29H,11-14H2,1-4H3. The number of ketones is 1. The average Bonchev–Trinajstić information content (AvgIpc) is 2.77. The Bertz CT molecular complexity index is 1250. The van der Waals surface area contributed by atoms with Gasteiger partial charge in [0.25, 0.3) is 0 Å². The van der Waals surface area contributed by atoms with Crippen molar-refractivity contribution >= 4 is 21.9 Å². The third-order valence-corrected chi connectivity index (χ3v) is 7.24. The Kier molecular flexibility index (Phi) is 7.85. The van der Waals surface area contributed by atoms with Gasteiger partial charge in [-0.1, -0.05) is 30.3 Å². The van der Waals surface area contributed by atoms with Crippen LogP contribution >= 0.6 is 0 Å². The Labute approximate surface area is 208 Å². The highest BCUT2D eigenvalue weighted by Crippen LogP contribution is 2.38. The molecule has 0 atom stereocenters. The van der Waals surface area contributed by atoms with Crippen LogP contribution in [-0.2, 0) is 20.9 Å². The first-order chi connectivity index (χ1) is 16.6. The summed E-state index contributed by atoms with van der Waals surface area (Å²) in [6, 6.07) is 8.48. The largest absolute Gasteiger partial charge is 0.444 e. The zero-order valence-corrected chi connectivity index (χ0v) is 21.3. The van der Waals surface area contributed by atoms with Crippen LogP contribution in [0.2, 0.25) is 0 Å². The Morgan fingerprint density at radius 2 is 1.64 bits per heavy atom. The maximum absolute atomic E-state index is 14.0. The number of benzene rings is 2. The number of carbonyl (C=O) groups is 2. The number of Topliss-reactive ketones (excluding diaryl/α,β-unsaturated/α-hetero) is 1. The fraction of sp³-hybridized carbons (Fsp3) is 0.440. The molecular weight excluding hydrogens is 497 g/mol. The highest BCUT2D eigenvalue weighted by atomic mass is 32.2. The molecule has 7 nitrogen and oxygen atoms in total. The van der Waals surface area contributed by atoms with Crippen LogP contribution in [0, 0.1) is 0 Å². The minimum atomic E-state index is -4.95. The molecule has 1 N–H and O–H groups in total. The Morgan fingerprint density at radius 3 is 2.19 bits per heavy atom. The number of halogens is 3. The second-order valence-corrected chi connectivity index (χ2v) is 11.4. The SMILES string of the molecule is CC(=O)c1ccccc1-c1ccc(S(=O)(=O)NC2CCN(C(=O)OC(C)(C)C)CC2)c(C(F)(F)F)c1. The molecule has 1 amide bonds. The number of rotatable bonds is 5. The van der Waals surface area contributed by atoms with Crippen molar-refractivity contribution < 1.29 is 35.9 Å². The van der Waals surface area contributed by atoms with E-state index < -0.39 is 44.4 Å². The molecular formula is C25H29F3N2O5S. The first-order valence-electron chi connectivity index (χ1n) is 11.4. The predicted molar refractivity (Wildman–Crippen MR) is 128 cm³/mol. The highest BCUT2D eigenvalue weighted by molar-refractivity contribution is 7.89. The summed E-state index contributed by atoms with van der Waals surface area (Å²) in [4.78, 5) is 24.7. The van der Waals surface area contributed by atoms with Gasteiger partial charge in [0.15, 0.2) is 5.78 Å². The summed E-state index contributed by atoms with van der Waals surface area (Å²) in [5.41, 5.74) is -1.41. The van der Waals surface area contributed by atoms with Crippen LogP contribution in [0.3, 0.4) is 0 Å². The van der Waals surface area contributed by atoms with Gasteiger partial charge in [-0.25, -0.2) is 17.9 Å². The first-order valence-corrected chi connectivity index (χ1v) is 12.9. The van der Waals surface area contributed by atoms with E-state index in [0.717, 1.165) is 12.1 Å². The van der Waals surface area contributed by atoms with Crippen molar-refractivity contribution in [1.29, 1.82) is 0 Å². The van der Waals surface area contributed by atoms with Gasteiger partial charge in [0, 0.05) is 24.7 Å². The fourth-order valence-electron chi connectivity index (χ4n) is 3.98. The third kappa shape index (κ3) is 6.64. The van der Waals surface area contributed by atoms with E-state index in [1.165, 1.54) is 30.0 Å². The smallest absolute Gasteiger partial charge is 0.417 e. The molecule has 11 heteroatoms. The van der Waals surface area contributed by atoms with Gasteiger partial charge < -0.3 is 9.64 Å². The van der Waals surface area contributed by atoms with Crippen molar-refractivity contribution in [2.24, 2.45) is 0 Å². The van der Waals surface area contributed by atoms with E-state index in [2.05, 4.69) is 4.72 Å². The quantitative estimate of drug-likeness (QED) is 0.537. The summed E-state index contributed by atoms with van der Waals surface area (Å²) in [6.45, 7) is 6.90. The van der Waals surface area contributed by atoms with Crippen LogP contribution in [0.5, 0.6) is 0 Å². The van der Waals surface area contributed by atoms with Gasteiger partial charge in [-0.2, -0.15) is 13.2 Å². The molecule has 1 heterocycles. The minimum absolute atomic E-state index is 0.0812. The number of amides is 1. The van der Waals surface area contributed by atoms with Gasteiger partial charge in [0.1, 0.15) is 5.60 Å². The molecule has 2 aromatic rings. The molecule has 2 aromatic carbocycles. The third-order valence-electron chi connectivity index (χ3n) is 5.66. The summed E-state index contributed by atoms with van der Waals surface area (Å²) in [7, 11) is -4.54. The Morgan fingerprint density at radius 1 is 1.03 bits per heavy atom. The minimum Gasteiger partial charge on any atom is -0.444 e. The molecule has 0 radical (unpaired) electrons. The summed E-state index contributed by atoms with van der Waals surface area (Å²) in [5, 5.41) is 0. The topological polar surface area (TPSA) is 92.8 Å². The van der Waals surface area contributed by atoms with E-state index in [9.17, 15) is 31.2 Å². The van der Waals surface area contributed by atoms with Crippen LogP contribution in [0.4, 0.5) is 18.0 Å². The highest BCUT2D eigenvalue weighted by Gasteiger charge is 2.39. The molecule has 1 fully saturated rings. The number of alkyl halides is 3. The van der Waals surface area contributed by atoms with E-state index in [1.807, 2.05) is 0 Å². The second-order valence-electron chi connectivity index (χ2n) is 9.67. The molecule has 196 valence electrons. The molecule has 36 heavy (non-hydrogen) atoms. The summed E-state index contributed by atoms with van der Waals surface area (Å²) < 4.78 is 75.6. The summed E-state index contributed by atoms with van der Waals surface area (Å²) >= 11 is 0. The Hall–Kier alpha value is -2.92. The van der Waals surface area contributed by atoms with Crippen molar-refractivity contribution in [3.05, 3.63) is 53.6 Å². The number of sulfonamides is 1. The molecule has 0 bridgehead atoms. The van der Waals surface area contributed by atoms with Gasteiger partial charge in [0.05, 0.1) is 10.5 Å². The van der Waals surface area contributed by atoms with Crippen LogP contribution < -0.4 is 4.72 Å². The molecule has 1 saturated heterocycles. The van der Waals surface area contributed by atoms with Crippen LogP contribution in [0.15, 0.2) is 47.4 Å². The summed E-state index contributed by atoms with van der Waals surface area (Å²) in [5.74, 6) is -0.324. The maximum atomic E-state index is 14.0. The zero-order valence-electron chi connectivity index (χ0n) is 20.5. The fourth-order valence-corrected chi connectivity index (χ4v) is 5.50. The maximum Gasteiger partial charge on any atom is 0.417 e. The lowest BCUT2D eigenvalue weighted by molar-refractivity contribution is -0.139. The molecule has 0 spiro atoms. The molecule has 3 rings (SSSR count). The number of ether oxygens (including phenoxy) is 1. The zero-order chi connectivity index (χ0) is 26.9. The molecule has 0 aromatic heterocycles. The van der Waals surface area contributed by atoms with Gasteiger partial charge in [-0.05, 0) is 63.8 Å². The number of likely N-dealkylation sites (tertiary alicyclic amines) is 1. The van der Waals surface area contributed by atoms with Gasteiger partial charge >= 0.3 is 12.3 Å².